The van der Waals surface area contributed by atoms with Crippen LogP contribution in [0.4, 0.5) is 23.1 Å². The van der Waals surface area contributed by atoms with Crippen molar-refractivity contribution in [3.63, 3.8) is 0 Å². The molecule has 0 bridgehead atoms. The third-order valence-corrected chi connectivity index (χ3v) is 10.2. The summed E-state index contributed by atoms with van der Waals surface area (Å²) in [5.41, 5.74) is 3.54. The maximum absolute atomic E-state index is 13.0. The van der Waals surface area contributed by atoms with Gasteiger partial charge in [-0.05, 0) is 98.8 Å². The van der Waals surface area contributed by atoms with Gasteiger partial charge in [-0.3, -0.25) is 0 Å². The monoisotopic (exact) mass is 617 g/mol. The van der Waals surface area contributed by atoms with E-state index in [4.69, 9.17) is 16.3 Å². The Morgan fingerprint density at radius 3 is 2.21 bits per heavy atom. The highest BCUT2D eigenvalue weighted by Gasteiger charge is 2.45. The van der Waals surface area contributed by atoms with Crippen LogP contribution in [0.5, 0.6) is 5.75 Å². The average molecular weight is 617 g/mol. The average Bonchev–Trinajstić information content (AvgIpc) is 2.85. The number of aryl methyl sites for hydroxylation is 1. The minimum Gasteiger partial charge on any atom is -0.489 e. The highest BCUT2D eigenvalue weighted by atomic mass is 35.5. The Morgan fingerprint density at radius 1 is 0.977 bits per heavy atom. The molecule has 1 aromatic heterocycles. The van der Waals surface area contributed by atoms with Crippen molar-refractivity contribution in [2.75, 3.05) is 10.6 Å². The lowest BCUT2D eigenvalue weighted by Crippen LogP contribution is -2.68. The van der Waals surface area contributed by atoms with E-state index < -0.39 is 15.1 Å². The fourth-order valence-electron chi connectivity index (χ4n) is 6.83. The maximum atomic E-state index is 13.0. The molecule has 43 heavy (non-hydrogen) atoms. The Balaban J connectivity index is 1.72. The van der Waals surface area contributed by atoms with Crippen molar-refractivity contribution < 1.29 is 13.2 Å². The van der Waals surface area contributed by atoms with Crippen LogP contribution in [0, 0.1) is 6.92 Å². The van der Waals surface area contributed by atoms with E-state index in [1.54, 1.807) is 38.1 Å². The fraction of sp³-hybridized carbons (Fsp3) is 0.429. The van der Waals surface area contributed by atoms with Gasteiger partial charge in [0, 0.05) is 0 Å². The first-order chi connectivity index (χ1) is 19.8. The molecule has 3 N–H and O–H groups in total. The van der Waals surface area contributed by atoms with E-state index in [1.165, 1.54) is 11.8 Å². The normalized spacial score (nSPS) is 17.5. The Bertz CT molecular complexity index is 1610. The zero-order chi connectivity index (χ0) is 32.0. The molecule has 1 fully saturated rings. The minimum atomic E-state index is -3.54. The Labute approximate surface area is 266 Å². The second kappa shape index (κ2) is 12.1. The molecule has 1 aliphatic rings. The predicted molar refractivity (Wildman–Crippen MR) is 192 cm³/mol. The number of para-hydroxylation sites is 1. The van der Waals surface area contributed by atoms with Crippen LogP contribution in [0.2, 0.25) is 5.02 Å². The number of ether oxygens (including phenoxy) is 1. The first kappa shape index (κ1) is 33.3. The summed E-state index contributed by atoms with van der Waals surface area (Å²) in [5.74, 6) is 1.30. The van der Waals surface area contributed by atoms with Gasteiger partial charge in [0.1, 0.15) is 50.0 Å². The van der Waals surface area contributed by atoms with Crippen LogP contribution >= 0.6 is 11.6 Å². The summed E-state index contributed by atoms with van der Waals surface area (Å²) in [4.78, 5) is 9.22. The van der Waals surface area contributed by atoms with Crippen molar-refractivity contribution in [1.82, 2.24) is 15.3 Å². The van der Waals surface area contributed by atoms with E-state index in [9.17, 15) is 8.42 Å². The maximum Gasteiger partial charge on any atom is 0.229 e. The summed E-state index contributed by atoms with van der Waals surface area (Å²) < 4.78 is 32.3. The molecule has 0 unspecified atom stereocenters. The van der Waals surface area contributed by atoms with Gasteiger partial charge < -0.3 is 20.7 Å². The second-order valence-electron chi connectivity index (χ2n) is 13.9. The van der Waals surface area contributed by atoms with E-state index in [2.05, 4.69) is 84.2 Å². The lowest BCUT2D eigenvalue weighted by molar-refractivity contribution is 0.242. The third-order valence-electron chi connectivity index (χ3n) is 7.74. The van der Waals surface area contributed by atoms with Crippen molar-refractivity contribution in [3.8, 4) is 5.75 Å². The molecule has 0 amide bonds. The molecule has 0 aliphatic carbocycles. The van der Waals surface area contributed by atoms with E-state index in [1.807, 2.05) is 13.8 Å². The molecule has 2 heterocycles. The highest BCUT2D eigenvalue weighted by Crippen LogP contribution is 2.44. The zero-order valence-corrected chi connectivity index (χ0v) is 28.6. The first-order valence-electron chi connectivity index (χ1n) is 14.8. The highest BCUT2D eigenvalue weighted by molar-refractivity contribution is 7.92. The lowest BCUT2D eigenvalue weighted by Gasteiger charge is -2.53. The van der Waals surface area contributed by atoms with Crippen LogP contribution in [-0.2, 0) is 15.2 Å². The molecule has 0 radical (unpaired) electrons. The van der Waals surface area contributed by atoms with Gasteiger partial charge in [-0.15, -0.1) is 0 Å². The van der Waals surface area contributed by atoms with Gasteiger partial charge in [0.15, 0.2) is 15.7 Å². The molecular formula is C28H41B5ClN5O3S. The molecule has 2 aromatic carbocycles. The van der Waals surface area contributed by atoms with Crippen molar-refractivity contribution in [2.45, 2.75) is 79.7 Å². The number of hydrogen-bond acceptors (Lipinski definition) is 8. The van der Waals surface area contributed by atoms with Gasteiger partial charge in [-0.2, -0.15) is 4.98 Å². The lowest BCUT2D eigenvalue weighted by atomic mass is 9.38. The third kappa shape index (κ3) is 7.58. The Hall–Kier alpha value is -2.56. The molecule has 1 saturated heterocycles. The molecule has 0 saturated carbocycles. The summed E-state index contributed by atoms with van der Waals surface area (Å²) in [7, 11) is 7.88. The molecule has 0 spiro atoms. The van der Waals surface area contributed by atoms with Crippen molar-refractivity contribution in [2.24, 2.45) is 0 Å². The van der Waals surface area contributed by atoms with E-state index in [-0.39, 0.29) is 37.8 Å². The molecular weight excluding hydrogens is 576 g/mol. The Morgan fingerprint density at radius 2 is 1.60 bits per heavy atom. The van der Waals surface area contributed by atoms with E-state index in [0.29, 0.717) is 17.4 Å². The van der Waals surface area contributed by atoms with Gasteiger partial charge in [0.25, 0.3) is 0 Å². The van der Waals surface area contributed by atoms with E-state index in [0.717, 1.165) is 24.1 Å². The molecule has 8 nitrogen and oxygen atoms in total. The van der Waals surface area contributed by atoms with Crippen LogP contribution < -0.4 is 20.7 Å². The van der Waals surface area contributed by atoms with Crippen LogP contribution in [0.15, 0.2) is 47.5 Å². The largest absolute Gasteiger partial charge is 0.489 e. The summed E-state index contributed by atoms with van der Waals surface area (Å²) in [6, 6.07) is 11.0. The number of benzene rings is 2. The molecule has 0 atom stereocenters. The standard InChI is InChI=1S/C28H41B5ClN5O3S/c1-15(2)42-22-11-18(26(29)13-27(30,31)39-28(32,33)14-26)17(5)10-21(22)37-25-35-12-19(34)24(38-25)36-20-8-6-7-9-23(20)43(40,41)16(3)4/h6-12,15-16,39H,13-14,29-33H2,1-5H3,(H2,35,36,37,38). The van der Waals surface area contributed by atoms with E-state index >= 15 is 0 Å². The number of anilines is 4. The number of nitrogens with one attached hydrogen (secondary N) is 3. The topological polar surface area (TPSA) is 105 Å². The van der Waals surface area contributed by atoms with Gasteiger partial charge in [0.2, 0.25) is 5.95 Å². The SMILES string of the molecule is BC1(B)CC(B)(c2cc(OC(C)C)c(Nc3ncc(Cl)c(Nc4ccccc4S(=O)(=O)C(C)C)n3)cc2C)CC(B)(B)N1. The summed E-state index contributed by atoms with van der Waals surface area (Å²) in [6.45, 7) is 9.46. The summed E-state index contributed by atoms with van der Waals surface area (Å²) in [5, 5.41) is 9.83. The number of hydrogen-bond donors (Lipinski definition) is 3. The van der Waals surface area contributed by atoms with Crippen LogP contribution in [0.3, 0.4) is 0 Å². The molecule has 15 heteroatoms. The zero-order valence-electron chi connectivity index (χ0n) is 27.0. The number of piperidine rings is 1. The van der Waals surface area contributed by atoms with Crippen molar-refractivity contribution in [1.29, 1.82) is 0 Å². The first-order valence-corrected chi connectivity index (χ1v) is 16.7. The summed E-state index contributed by atoms with van der Waals surface area (Å²) >= 11 is 6.48. The van der Waals surface area contributed by atoms with Gasteiger partial charge in [-0.25, -0.2) is 13.4 Å². The minimum absolute atomic E-state index is 0.0212. The Kier molecular flexibility index (Phi) is 9.37. The molecule has 1 aliphatic heterocycles. The molecule has 224 valence electrons. The van der Waals surface area contributed by atoms with Crippen molar-refractivity contribution in [3.05, 3.63) is 58.7 Å². The number of nitrogens with zero attached hydrogens (tertiary/aromatic N) is 2. The quantitative estimate of drug-likeness (QED) is 0.305. The predicted octanol–water partition coefficient (Wildman–Crippen LogP) is 0.947. The summed E-state index contributed by atoms with van der Waals surface area (Å²) in [6.07, 6.45) is 3.42. The van der Waals surface area contributed by atoms with Gasteiger partial charge in [-0.1, -0.05) is 23.7 Å². The second-order valence-corrected chi connectivity index (χ2v) is 16.7. The van der Waals surface area contributed by atoms with Gasteiger partial charge >= 0.3 is 0 Å². The fourth-order valence-corrected chi connectivity index (χ4v) is 8.17. The number of rotatable bonds is 9. The smallest absolute Gasteiger partial charge is 0.229 e. The van der Waals surface area contributed by atoms with Crippen LogP contribution in [0.1, 0.15) is 51.7 Å². The number of aromatic nitrogens is 2. The van der Waals surface area contributed by atoms with Gasteiger partial charge in [0.05, 0.1) is 33.8 Å². The molecule has 3 aromatic rings. The molecule has 4 rings (SSSR count). The van der Waals surface area contributed by atoms with Crippen LogP contribution in [0.25, 0.3) is 0 Å². The van der Waals surface area contributed by atoms with Crippen LogP contribution in [-0.4, -0.2) is 79.6 Å². The van der Waals surface area contributed by atoms with Crippen molar-refractivity contribution >= 4 is 83.8 Å². The number of halogens is 1. The number of sulfone groups is 1.